The Kier molecular flexibility index (Phi) is 6.45. The molecule has 3 nitrogen and oxygen atoms in total. The first-order valence-corrected chi connectivity index (χ1v) is 6.53. The summed E-state index contributed by atoms with van der Waals surface area (Å²) in [6.07, 6.45) is 1.18. The topological polar surface area (TPSA) is 26.3 Å². The van der Waals surface area contributed by atoms with E-state index < -0.39 is 5.97 Å². The van der Waals surface area contributed by atoms with E-state index in [0.29, 0.717) is 5.75 Å². The number of carbonyl (C=O) groups excluding carboxylic acids is 1. The molecular weight excluding hydrogens is 274 g/mol. The van der Waals surface area contributed by atoms with Crippen LogP contribution in [0.15, 0.2) is 36.9 Å². The number of hydrogen-bond donors (Lipinski definition) is 0. The Bertz CT molecular complexity index is 481. The van der Waals surface area contributed by atoms with E-state index in [9.17, 15) is 4.79 Å². The largest absolute Gasteiger partial charge is 1.00 e. The van der Waals surface area contributed by atoms with E-state index in [1.165, 1.54) is 6.08 Å². The van der Waals surface area contributed by atoms with E-state index in [1.807, 2.05) is 24.3 Å². The maximum absolute atomic E-state index is 11.4. The first kappa shape index (κ1) is 18.7. The van der Waals surface area contributed by atoms with Gasteiger partial charge in [0.2, 0.25) is 0 Å². The zero-order valence-electron chi connectivity index (χ0n) is 12.9. The second kappa shape index (κ2) is 6.91. The third kappa shape index (κ3) is 3.62. The lowest BCUT2D eigenvalue weighted by atomic mass is 9.89. The minimum absolute atomic E-state index is 0. The minimum atomic E-state index is -0.426. The van der Waals surface area contributed by atoms with Gasteiger partial charge in [0.25, 0.3) is 0 Å². The molecule has 0 aliphatic carbocycles. The van der Waals surface area contributed by atoms with Crippen molar-refractivity contribution in [2.45, 2.75) is 26.3 Å². The van der Waals surface area contributed by atoms with Gasteiger partial charge in [0.15, 0.2) is 0 Å². The molecule has 0 bridgehead atoms. The van der Waals surface area contributed by atoms with Gasteiger partial charge in [-0.05, 0) is 32.9 Å². The summed E-state index contributed by atoms with van der Waals surface area (Å²) in [7, 11) is 4.35. The Labute approximate surface area is 128 Å². The number of ether oxygens (including phenoxy) is 1. The molecule has 1 aromatic rings. The lowest BCUT2D eigenvalue weighted by molar-refractivity contribution is -0.944. The van der Waals surface area contributed by atoms with E-state index in [-0.39, 0.29) is 17.9 Å². The van der Waals surface area contributed by atoms with Gasteiger partial charge in [0.05, 0.1) is 26.2 Å². The van der Waals surface area contributed by atoms with Gasteiger partial charge in [-0.25, -0.2) is 4.79 Å². The molecule has 0 spiro atoms. The minimum Gasteiger partial charge on any atom is -1.00 e. The predicted octanol–water partition coefficient (Wildman–Crippen LogP) is 0.113. The number of carbonyl (C=O) groups is 1. The van der Waals surface area contributed by atoms with Crippen LogP contribution in [0.5, 0.6) is 5.75 Å². The molecule has 0 amide bonds. The van der Waals surface area contributed by atoms with Crippen LogP contribution in [0.3, 0.4) is 0 Å². The van der Waals surface area contributed by atoms with Crippen LogP contribution in [-0.2, 0) is 10.3 Å². The summed E-state index contributed by atoms with van der Waals surface area (Å²) in [6.45, 7) is 10.9. The highest BCUT2D eigenvalue weighted by atomic mass is 35.5. The quantitative estimate of drug-likeness (QED) is 0.334. The molecule has 112 valence electrons. The molecule has 0 unspecified atom stereocenters. The maximum Gasteiger partial charge on any atom is 0.335 e. The van der Waals surface area contributed by atoms with Gasteiger partial charge in [0.1, 0.15) is 11.3 Å². The lowest BCUT2D eigenvalue weighted by Gasteiger charge is -2.44. The Morgan fingerprint density at radius 2 is 1.90 bits per heavy atom. The third-order valence-corrected chi connectivity index (χ3v) is 4.23. The molecule has 0 aromatic heterocycles. The molecule has 0 aliphatic heterocycles. The van der Waals surface area contributed by atoms with Gasteiger partial charge in [-0.15, -0.1) is 0 Å². The maximum atomic E-state index is 11.4. The molecule has 4 heteroatoms. The molecule has 1 rings (SSSR count). The summed E-state index contributed by atoms with van der Waals surface area (Å²) in [6, 6.07) is 7.69. The number of rotatable bonds is 5. The second-order valence-corrected chi connectivity index (χ2v) is 5.68. The summed E-state index contributed by atoms with van der Waals surface area (Å²) in [5, 5.41) is 0. The predicted molar refractivity (Wildman–Crippen MR) is 77.9 cm³/mol. The summed E-state index contributed by atoms with van der Waals surface area (Å²) in [4.78, 5) is 11.4. The van der Waals surface area contributed by atoms with Gasteiger partial charge in [-0.2, -0.15) is 0 Å². The number of halogens is 1. The van der Waals surface area contributed by atoms with Crippen molar-refractivity contribution >= 4 is 5.97 Å². The number of para-hydroxylation sites is 1. The summed E-state index contributed by atoms with van der Waals surface area (Å²) < 4.78 is 6.15. The molecule has 0 radical (unpaired) electrons. The second-order valence-electron chi connectivity index (χ2n) is 5.68. The number of quaternary nitrogens is 1. The van der Waals surface area contributed by atoms with Crippen molar-refractivity contribution in [3.8, 4) is 5.75 Å². The standard InChI is InChI=1S/C16H24NO2.ClH/c1-7-15(18)19-14-12-10-9-11-13(14)16(3,4)17(5,6)8-2;/h7,9-12H,1,8H2,2-6H3;1H/q+1;/p-1. The molecule has 0 N–H and O–H groups in total. The molecule has 0 saturated heterocycles. The molecule has 0 heterocycles. The summed E-state index contributed by atoms with van der Waals surface area (Å²) in [5.41, 5.74) is 0.865. The van der Waals surface area contributed by atoms with Crippen LogP contribution in [0.25, 0.3) is 0 Å². The average molecular weight is 298 g/mol. The zero-order valence-corrected chi connectivity index (χ0v) is 13.7. The molecule has 0 fully saturated rings. The third-order valence-electron chi connectivity index (χ3n) is 4.23. The van der Waals surface area contributed by atoms with E-state index in [1.54, 1.807) is 0 Å². The smallest absolute Gasteiger partial charge is 0.335 e. The van der Waals surface area contributed by atoms with E-state index in [0.717, 1.165) is 16.6 Å². The zero-order chi connectivity index (χ0) is 14.7. The lowest BCUT2D eigenvalue weighted by Crippen LogP contribution is -3.00. The van der Waals surface area contributed by atoms with Gasteiger partial charge in [-0.3, -0.25) is 0 Å². The Morgan fingerprint density at radius 1 is 1.35 bits per heavy atom. The fraction of sp³-hybridized carbons (Fsp3) is 0.438. The van der Waals surface area contributed by atoms with Crippen LogP contribution in [0.2, 0.25) is 0 Å². The van der Waals surface area contributed by atoms with Crippen molar-refractivity contribution in [2.75, 3.05) is 20.6 Å². The van der Waals surface area contributed by atoms with Crippen molar-refractivity contribution in [3.63, 3.8) is 0 Å². The number of esters is 1. The van der Waals surface area contributed by atoms with Crippen molar-refractivity contribution in [1.82, 2.24) is 0 Å². The molecule has 0 atom stereocenters. The first-order valence-electron chi connectivity index (χ1n) is 6.53. The molecule has 0 saturated carbocycles. The molecule has 0 aliphatic rings. The fourth-order valence-electron chi connectivity index (χ4n) is 1.93. The average Bonchev–Trinajstić information content (AvgIpc) is 2.38. The van der Waals surface area contributed by atoms with Crippen LogP contribution in [-0.4, -0.2) is 31.1 Å². The highest BCUT2D eigenvalue weighted by Crippen LogP contribution is 2.37. The monoisotopic (exact) mass is 297 g/mol. The number of hydrogen-bond acceptors (Lipinski definition) is 2. The van der Waals surface area contributed by atoms with Crippen LogP contribution in [0, 0.1) is 0 Å². The highest BCUT2D eigenvalue weighted by molar-refractivity contribution is 5.83. The van der Waals surface area contributed by atoms with Gasteiger partial charge in [0, 0.05) is 6.08 Å². The number of benzene rings is 1. The van der Waals surface area contributed by atoms with E-state index in [2.05, 4.69) is 41.4 Å². The van der Waals surface area contributed by atoms with Gasteiger partial charge >= 0.3 is 5.97 Å². The van der Waals surface area contributed by atoms with Crippen molar-refractivity contribution < 1.29 is 26.4 Å². The van der Waals surface area contributed by atoms with Crippen molar-refractivity contribution in [3.05, 3.63) is 42.5 Å². The SMILES string of the molecule is C=CC(=O)Oc1ccccc1C(C)(C)[N+](C)(C)CC.[Cl-]. The molecule has 1 aromatic carbocycles. The van der Waals surface area contributed by atoms with Gasteiger partial charge < -0.3 is 21.6 Å². The van der Waals surface area contributed by atoms with Crippen LogP contribution >= 0.6 is 0 Å². The summed E-state index contributed by atoms with van der Waals surface area (Å²) in [5.74, 6) is 0.183. The van der Waals surface area contributed by atoms with Crippen LogP contribution in [0.1, 0.15) is 26.3 Å². The molecular formula is C16H24ClNO2. The van der Waals surface area contributed by atoms with Gasteiger partial charge in [-0.1, -0.05) is 18.7 Å². The van der Waals surface area contributed by atoms with E-state index in [4.69, 9.17) is 4.74 Å². The highest BCUT2D eigenvalue weighted by Gasteiger charge is 2.39. The van der Waals surface area contributed by atoms with Crippen LogP contribution in [0.4, 0.5) is 0 Å². The fourth-order valence-corrected chi connectivity index (χ4v) is 1.93. The number of nitrogens with zero attached hydrogens (tertiary/aromatic N) is 1. The van der Waals surface area contributed by atoms with Crippen molar-refractivity contribution in [2.24, 2.45) is 0 Å². The Balaban J connectivity index is 0.00000361. The normalized spacial score (nSPS) is 11.4. The van der Waals surface area contributed by atoms with Crippen molar-refractivity contribution in [1.29, 1.82) is 0 Å². The summed E-state index contributed by atoms with van der Waals surface area (Å²) >= 11 is 0. The first-order chi connectivity index (χ1) is 8.76. The van der Waals surface area contributed by atoms with E-state index >= 15 is 0 Å². The Morgan fingerprint density at radius 3 is 2.40 bits per heavy atom. The Hall–Kier alpha value is -1.32. The van der Waals surface area contributed by atoms with Crippen LogP contribution < -0.4 is 17.1 Å². The molecule has 20 heavy (non-hydrogen) atoms.